The van der Waals surface area contributed by atoms with Crippen molar-refractivity contribution in [3.05, 3.63) is 29.8 Å². The van der Waals surface area contributed by atoms with E-state index in [0.29, 0.717) is 26.3 Å². The second-order valence-electron chi connectivity index (χ2n) is 6.48. The molecule has 1 amide bonds. The van der Waals surface area contributed by atoms with Crippen LogP contribution in [0.1, 0.15) is 26.3 Å². The standard InChI is InChI=1S/C17H26N2O3.ClH/c1-17(2,3)13-5-4-6-14(11-13)21-10-8-19-16(20)15-12-18-7-9-22-15;/h4-6,11,15,18H,7-10,12H2,1-3H3,(H,19,20);1H. The summed E-state index contributed by atoms with van der Waals surface area (Å²) < 4.78 is 11.1. The van der Waals surface area contributed by atoms with Crippen LogP contribution in [0.2, 0.25) is 0 Å². The molecule has 1 fully saturated rings. The smallest absolute Gasteiger partial charge is 0.250 e. The maximum Gasteiger partial charge on any atom is 0.250 e. The Hall–Kier alpha value is -1.30. The topological polar surface area (TPSA) is 59.6 Å². The molecule has 1 aliphatic rings. The summed E-state index contributed by atoms with van der Waals surface area (Å²) in [5.74, 6) is 0.747. The average Bonchev–Trinajstić information content (AvgIpc) is 2.52. The lowest BCUT2D eigenvalue weighted by atomic mass is 9.87. The minimum atomic E-state index is -0.391. The Kier molecular flexibility index (Phi) is 7.82. The van der Waals surface area contributed by atoms with E-state index in [1.807, 2.05) is 12.1 Å². The van der Waals surface area contributed by atoms with E-state index < -0.39 is 6.10 Å². The normalized spacial score (nSPS) is 18.0. The number of hydrogen-bond donors (Lipinski definition) is 2. The highest BCUT2D eigenvalue weighted by Gasteiger charge is 2.21. The molecule has 0 saturated carbocycles. The van der Waals surface area contributed by atoms with Crippen LogP contribution in [0.4, 0.5) is 0 Å². The summed E-state index contributed by atoms with van der Waals surface area (Å²) >= 11 is 0. The van der Waals surface area contributed by atoms with E-state index in [-0.39, 0.29) is 23.7 Å². The monoisotopic (exact) mass is 342 g/mol. The highest BCUT2D eigenvalue weighted by Crippen LogP contribution is 2.25. The number of benzene rings is 1. The number of morpholine rings is 1. The summed E-state index contributed by atoms with van der Waals surface area (Å²) in [6.45, 7) is 9.38. The molecule has 1 unspecified atom stereocenters. The first kappa shape index (κ1) is 19.7. The lowest BCUT2D eigenvalue weighted by molar-refractivity contribution is -0.134. The van der Waals surface area contributed by atoms with Crippen molar-refractivity contribution >= 4 is 18.3 Å². The van der Waals surface area contributed by atoms with E-state index in [9.17, 15) is 4.79 Å². The van der Waals surface area contributed by atoms with Crippen molar-refractivity contribution in [1.82, 2.24) is 10.6 Å². The minimum Gasteiger partial charge on any atom is -0.492 e. The molecule has 2 N–H and O–H groups in total. The van der Waals surface area contributed by atoms with Gasteiger partial charge in [0.1, 0.15) is 18.5 Å². The largest absolute Gasteiger partial charge is 0.492 e. The van der Waals surface area contributed by atoms with Crippen LogP contribution in [0.15, 0.2) is 24.3 Å². The molecule has 1 saturated heterocycles. The van der Waals surface area contributed by atoms with E-state index in [2.05, 4.69) is 43.5 Å². The average molecular weight is 343 g/mol. The molecule has 0 aromatic heterocycles. The lowest BCUT2D eigenvalue weighted by Crippen LogP contribution is -2.48. The Labute approximate surface area is 144 Å². The third kappa shape index (κ3) is 6.37. The van der Waals surface area contributed by atoms with Crippen molar-refractivity contribution in [2.24, 2.45) is 0 Å². The fourth-order valence-corrected chi connectivity index (χ4v) is 2.24. The second kappa shape index (κ2) is 9.11. The van der Waals surface area contributed by atoms with Crippen LogP contribution in [0, 0.1) is 0 Å². The third-order valence-electron chi connectivity index (χ3n) is 3.59. The fourth-order valence-electron chi connectivity index (χ4n) is 2.24. The minimum absolute atomic E-state index is 0. The molecule has 130 valence electrons. The lowest BCUT2D eigenvalue weighted by Gasteiger charge is -2.22. The van der Waals surface area contributed by atoms with E-state index in [1.165, 1.54) is 5.56 Å². The van der Waals surface area contributed by atoms with Gasteiger partial charge in [-0.15, -0.1) is 12.4 Å². The van der Waals surface area contributed by atoms with Crippen LogP contribution in [0.5, 0.6) is 5.75 Å². The second-order valence-corrected chi connectivity index (χ2v) is 6.48. The zero-order valence-electron chi connectivity index (χ0n) is 14.1. The molecule has 0 spiro atoms. The maximum absolute atomic E-state index is 11.9. The van der Waals surface area contributed by atoms with E-state index in [4.69, 9.17) is 9.47 Å². The molecule has 1 aliphatic heterocycles. The zero-order chi connectivity index (χ0) is 16.0. The maximum atomic E-state index is 11.9. The van der Waals surface area contributed by atoms with Gasteiger partial charge in [-0.3, -0.25) is 4.79 Å². The molecule has 6 heteroatoms. The number of carbonyl (C=O) groups excluding carboxylic acids is 1. The van der Waals surface area contributed by atoms with Crippen LogP contribution < -0.4 is 15.4 Å². The van der Waals surface area contributed by atoms with Crippen molar-refractivity contribution in [2.75, 3.05) is 32.8 Å². The first-order valence-electron chi connectivity index (χ1n) is 7.80. The quantitative estimate of drug-likeness (QED) is 0.802. The fraction of sp³-hybridized carbons (Fsp3) is 0.588. The van der Waals surface area contributed by atoms with Gasteiger partial charge < -0.3 is 20.1 Å². The van der Waals surface area contributed by atoms with Crippen LogP contribution in [-0.4, -0.2) is 44.9 Å². The van der Waals surface area contributed by atoms with Crippen molar-refractivity contribution in [1.29, 1.82) is 0 Å². The van der Waals surface area contributed by atoms with Crippen LogP contribution in [-0.2, 0) is 14.9 Å². The molecule has 1 aromatic carbocycles. The van der Waals surface area contributed by atoms with E-state index >= 15 is 0 Å². The van der Waals surface area contributed by atoms with Crippen LogP contribution >= 0.6 is 12.4 Å². The number of amides is 1. The van der Waals surface area contributed by atoms with Gasteiger partial charge in [-0.1, -0.05) is 32.9 Å². The van der Waals surface area contributed by atoms with Crippen molar-refractivity contribution in [2.45, 2.75) is 32.3 Å². The van der Waals surface area contributed by atoms with E-state index in [0.717, 1.165) is 12.3 Å². The molecule has 1 heterocycles. The summed E-state index contributed by atoms with van der Waals surface area (Å²) in [5, 5.41) is 5.97. The predicted molar refractivity (Wildman–Crippen MR) is 93.5 cm³/mol. The molecule has 2 rings (SSSR count). The highest BCUT2D eigenvalue weighted by atomic mass is 35.5. The summed E-state index contributed by atoms with van der Waals surface area (Å²) in [5.41, 5.74) is 1.33. The molecule has 5 nitrogen and oxygen atoms in total. The molecular formula is C17H27ClN2O3. The van der Waals surface area contributed by atoms with Gasteiger partial charge in [0.15, 0.2) is 0 Å². The SMILES string of the molecule is CC(C)(C)c1cccc(OCCNC(=O)C2CNCCO2)c1.Cl. The Bertz CT molecular complexity index is 497. The summed E-state index contributed by atoms with van der Waals surface area (Å²) in [7, 11) is 0. The highest BCUT2D eigenvalue weighted by molar-refractivity contribution is 5.85. The summed E-state index contributed by atoms with van der Waals surface area (Å²) in [4.78, 5) is 11.9. The number of ether oxygens (including phenoxy) is 2. The Morgan fingerprint density at radius 3 is 2.87 bits per heavy atom. The number of nitrogens with one attached hydrogen (secondary N) is 2. The Morgan fingerprint density at radius 1 is 1.43 bits per heavy atom. The molecule has 1 atom stereocenters. The van der Waals surface area contributed by atoms with E-state index in [1.54, 1.807) is 0 Å². The number of rotatable bonds is 5. The van der Waals surface area contributed by atoms with Crippen molar-refractivity contribution < 1.29 is 14.3 Å². The first-order valence-corrected chi connectivity index (χ1v) is 7.80. The van der Waals surface area contributed by atoms with Crippen molar-refractivity contribution in [3.8, 4) is 5.75 Å². The molecular weight excluding hydrogens is 316 g/mol. The summed E-state index contributed by atoms with van der Waals surface area (Å²) in [6, 6.07) is 8.08. The Morgan fingerprint density at radius 2 is 2.22 bits per heavy atom. The van der Waals surface area contributed by atoms with Gasteiger partial charge in [0.25, 0.3) is 5.91 Å². The van der Waals surface area contributed by atoms with Crippen molar-refractivity contribution in [3.63, 3.8) is 0 Å². The van der Waals surface area contributed by atoms with Crippen LogP contribution in [0.25, 0.3) is 0 Å². The van der Waals surface area contributed by atoms with Gasteiger partial charge >= 0.3 is 0 Å². The number of halogens is 1. The van der Waals surface area contributed by atoms with Crippen LogP contribution in [0.3, 0.4) is 0 Å². The number of hydrogen-bond acceptors (Lipinski definition) is 4. The molecule has 1 aromatic rings. The zero-order valence-corrected chi connectivity index (χ0v) is 14.9. The van der Waals surface area contributed by atoms with Gasteiger partial charge in [0, 0.05) is 13.1 Å². The van der Waals surface area contributed by atoms with Gasteiger partial charge in [-0.05, 0) is 23.1 Å². The predicted octanol–water partition coefficient (Wildman–Crippen LogP) is 1.89. The molecule has 0 bridgehead atoms. The van der Waals surface area contributed by atoms with Gasteiger partial charge in [0.05, 0.1) is 13.2 Å². The Balaban J connectivity index is 0.00000264. The van der Waals surface area contributed by atoms with Gasteiger partial charge in [-0.25, -0.2) is 0 Å². The summed E-state index contributed by atoms with van der Waals surface area (Å²) in [6.07, 6.45) is -0.391. The molecule has 0 radical (unpaired) electrons. The molecule has 0 aliphatic carbocycles. The molecule has 23 heavy (non-hydrogen) atoms. The third-order valence-corrected chi connectivity index (χ3v) is 3.59. The first-order chi connectivity index (χ1) is 10.5. The number of carbonyl (C=O) groups is 1. The van der Waals surface area contributed by atoms with Gasteiger partial charge in [-0.2, -0.15) is 0 Å². The van der Waals surface area contributed by atoms with Gasteiger partial charge in [0.2, 0.25) is 0 Å².